The molecule has 4 aromatic rings. The summed E-state index contributed by atoms with van der Waals surface area (Å²) in [7, 11) is 0. The van der Waals surface area contributed by atoms with Crippen LogP contribution >= 0.6 is 11.6 Å². The van der Waals surface area contributed by atoms with Crippen LogP contribution in [0.4, 0.5) is 8.78 Å². The highest BCUT2D eigenvalue weighted by Crippen LogP contribution is 2.30. The maximum Gasteiger partial charge on any atom is 0.248 e. The monoisotopic (exact) mass is 396 g/mol. The smallest absolute Gasteiger partial charge is 0.248 e. The van der Waals surface area contributed by atoms with E-state index >= 15 is 0 Å². The Morgan fingerprint density at radius 1 is 1.21 bits per heavy atom. The number of rotatable bonds is 3. The number of benzene rings is 1. The van der Waals surface area contributed by atoms with Crippen LogP contribution in [0.25, 0.3) is 27.6 Å². The van der Waals surface area contributed by atoms with Gasteiger partial charge < -0.3 is 9.55 Å². The molecule has 0 spiro atoms. The number of hydrogen-bond acceptors (Lipinski definition) is 3. The number of hydrogen-bond donors (Lipinski definition) is 1. The number of pyridine rings is 2. The molecule has 0 amide bonds. The van der Waals surface area contributed by atoms with Crippen LogP contribution in [0.1, 0.15) is 11.4 Å². The minimum absolute atomic E-state index is 0.165. The number of nitrogens with zero attached hydrogens (tertiary/aromatic N) is 3. The Labute approximate surface area is 161 Å². The van der Waals surface area contributed by atoms with Crippen molar-refractivity contribution in [1.29, 1.82) is 0 Å². The van der Waals surface area contributed by atoms with E-state index in [2.05, 4.69) is 15.0 Å². The van der Waals surface area contributed by atoms with E-state index in [0.717, 1.165) is 11.6 Å². The molecule has 5 rings (SSSR count). The summed E-state index contributed by atoms with van der Waals surface area (Å²) in [5, 5.41) is 0.865. The molecule has 1 aliphatic carbocycles. The summed E-state index contributed by atoms with van der Waals surface area (Å²) in [5.41, 5.74) is 1.80. The fourth-order valence-electron chi connectivity index (χ4n) is 3.34. The fourth-order valence-corrected chi connectivity index (χ4v) is 3.52. The molecule has 0 unspecified atom stereocenters. The van der Waals surface area contributed by atoms with Gasteiger partial charge >= 0.3 is 0 Å². The normalized spacial score (nSPS) is 13.2. The van der Waals surface area contributed by atoms with E-state index in [1.165, 1.54) is 12.1 Å². The van der Waals surface area contributed by atoms with Crippen LogP contribution < -0.4 is 5.56 Å². The Hall–Kier alpha value is -3.32. The molecular weight excluding hydrogens is 386 g/mol. The molecule has 0 saturated carbocycles. The topological polar surface area (TPSA) is 63.6 Å². The lowest BCUT2D eigenvalue weighted by Gasteiger charge is -2.13. The largest absolute Gasteiger partial charge is 0.319 e. The van der Waals surface area contributed by atoms with Crippen LogP contribution in [0.5, 0.6) is 0 Å². The van der Waals surface area contributed by atoms with Gasteiger partial charge in [-0.25, -0.2) is 18.7 Å². The zero-order chi connectivity index (χ0) is 19.4. The van der Waals surface area contributed by atoms with Crippen molar-refractivity contribution in [2.24, 2.45) is 0 Å². The lowest BCUT2D eigenvalue weighted by atomic mass is 10.1. The molecule has 0 saturated heterocycles. The maximum atomic E-state index is 14.2. The summed E-state index contributed by atoms with van der Waals surface area (Å²) in [5.74, 6) is -1.47. The van der Waals surface area contributed by atoms with Crippen molar-refractivity contribution >= 4 is 39.2 Å². The summed E-state index contributed by atoms with van der Waals surface area (Å²) in [6.45, 7) is 0.190. The molecule has 28 heavy (non-hydrogen) atoms. The number of aromatic amines is 1. The van der Waals surface area contributed by atoms with E-state index in [1.807, 2.05) is 22.8 Å². The first-order valence-corrected chi connectivity index (χ1v) is 8.80. The highest BCUT2D eigenvalue weighted by Gasteiger charge is 2.20. The molecule has 0 fully saturated rings. The highest BCUT2D eigenvalue weighted by molar-refractivity contribution is 6.34. The van der Waals surface area contributed by atoms with Crippen LogP contribution in [0, 0.1) is 11.6 Å². The summed E-state index contributed by atoms with van der Waals surface area (Å²) in [4.78, 5) is 23.4. The molecule has 0 bridgehead atoms. The Morgan fingerprint density at radius 2 is 2.04 bits per heavy atom. The third-order valence-corrected chi connectivity index (χ3v) is 5.02. The first kappa shape index (κ1) is 16.8. The maximum absolute atomic E-state index is 14.2. The molecule has 1 N–H and O–H groups in total. The third kappa shape index (κ3) is 2.47. The number of fused-ring (bicyclic) bond motifs is 2. The van der Waals surface area contributed by atoms with Gasteiger partial charge in [-0.05, 0) is 23.8 Å². The predicted octanol–water partition coefficient (Wildman–Crippen LogP) is 4.21. The van der Waals surface area contributed by atoms with Gasteiger partial charge in [-0.3, -0.25) is 4.79 Å². The predicted molar refractivity (Wildman–Crippen MR) is 103 cm³/mol. The molecule has 1 aliphatic rings. The summed E-state index contributed by atoms with van der Waals surface area (Å²) < 4.78 is 29.6. The molecule has 0 aliphatic heterocycles. The number of nitrogens with one attached hydrogen (secondary N) is 1. The average Bonchev–Trinajstić information content (AvgIpc) is 2.97. The molecule has 8 heteroatoms. The SMILES string of the molecule is O=c1cc(Cn2c(C3=CC=C3)nc3c(Cl)ccnc32)c2ccc(F)c(F)c2[nH]1. The van der Waals surface area contributed by atoms with E-state index in [-0.39, 0.29) is 12.1 Å². The standard InChI is InChI=1S/C20H11ClF2N4O/c21-13-6-7-24-20-18(13)26-19(10-2-1-3-10)27(20)9-11-8-15(28)25-17-12(11)4-5-14(22)16(17)23/h1-8H,9H2,(H,25,28). The lowest BCUT2D eigenvalue weighted by molar-refractivity contribution is 0.515. The summed E-state index contributed by atoms with van der Waals surface area (Å²) >= 11 is 6.27. The van der Waals surface area contributed by atoms with Crippen LogP contribution in [0.15, 0.2) is 53.5 Å². The van der Waals surface area contributed by atoms with Gasteiger partial charge in [-0.2, -0.15) is 0 Å². The Bertz CT molecular complexity index is 1400. The Balaban J connectivity index is 1.76. The van der Waals surface area contributed by atoms with Gasteiger partial charge in [0, 0.05) is 23.2 Å². The van der Waals surface area contributed by atoms with Gasteiger partial charge in [0.15, 0.2) is 17.3 Å². The number of halogens is 3. The van der Waals surface area contributed by atoms with Crippen LogP contribution in [-0.4, -0.2) is 19.5 Å². The van der Waals surface area contributed by atoms with E-state index in [9.17, 15) is 13.6 Å². The van der Waals surface area contributed by atoms with Crippen LogP contribution in [0.2, 0.25) is 5.02 Å². The van der Waals surface area contributed by atoms with Crippen LogP contribution in [0.3, 0.4) is 0 Å². The van der Waals surface area contributed by atoms with E-state index < -0.39 is 17.2 Å². The Morgan fingerprint density at radius 3 is 2.79 bits per heavy atom. The fraction of sp³-hybridized carbons (Fsp3) is 0.0500. The quantitative estimate of drug-likeness (QED) is 0.564. The zero-order valence-electron chi connectivity index (χ0n) is 14.2. The molecule has 1 aromatic carbocycles. The number of imidazole rings is 1. The van der Waals surface area contributed by atoms with Crippen molar-refractivity contribution in [2.45, 2.75) is 6.54 Å². The minimum Gasteiger partial charge on any atom is -0.319 e. The first-order chi connectivity index (χ1) is 13.5. The number of H-pyrrole nitrogens is 1. The highest BCUT2D eigenvalue weighted by atomic mass is 35.5. The van der Waals surface area contributed by atoms with E-state index in [4.69, 9.17) is 11.6 Å². The van der Waals surface area contributed by atoms with Gasteiger partial charge in [-0.1, -0.05) is 29.8 Å². The van der Waals surface area contributed by atoms with E-state index in [1.54, 1.807) is 12.3 Å². The molecule has 3 aromatic heterocycles. The lowest BCUT2D eigenvalue weighted by Crippen LogP contribution is -2.12. The minimum atomic E-state index is -1.09. The van der Waals surface area contributed by atoms with Crippen molar-refractivity contribution in [1.82, 2.24) is 19.5 Å². The van der Waals surface area contributed by atoms with Crippen LogP contribution in [-0.2, 0) is 6.54 Å². The first-order valence-electron chi connectivity index (χ1n) is 8.42. The second kappa shape index (κ2) is 6.10. The molecule has 0 radical (unpaired) electrons. The number of allylic oxidation sites excluding steroid dienone is 4. The van der Waals surface area contributed by atoms with Crippen molar-refractivity contribution < 1.29 is 8.78 Å². The second-order valence-electron chi connectivity index (χ2n) is 6.41. The molecule has 138 valence electrons. The van der Waals surface area contributed by atoms with Crippen molar-refractivity contribution in [3.63, 3.8) is 0 Å². The molecular formula is C20H11ClF2N4O. The Kier molecular flexibility index (Phi) is 3.67. The summed E-state index contributed by atoms with van der Waals surface area (Å²) in [6, 6.07) is 5.50. The molecule has 0 atom stereocenters. The number of aromatic nitrogens is 4. The third-order valence-electron chi connectivity index (χ3n) is 4.72. The van der Waals surface area contributed by atoms with Gasteiger partial charge in [0.25, 0.3) is 0 Å². The zero-order valence-corrected chi connectivity index (χ0v) is 15.0. The summed E-state index contributed by atoms with van der Waals surface area (Å²) in [6.07, 6.45) is 7.25. The molecule has 5 nitrogen and oxygen atoms in total. The van der Waals surface area contributed by atoms with Crippen molar-refractivity contribution in [3.8, 4) is 0 Å². The average molecular weight is 397 g/mol. The van der Waals surface area contributed by atoms with Crippen molar-refractivity contribution in [3.05, 3.63) is 87.1 Å². The van der Waals surface area contributed by atoms with E-state index in [0.29, 0.717) is 33.0 Å². The van der Waals surface area contributed by atoms with Gasteiger partial charge in [-0.15, -0.1) is 0 Å². The second-order valence-corrected chi connectivity index (χ2v) is 6.82. The van der Waals surface area contributed by atoms with Crippen molar-refractivity contribution in [2.75, 3.05) is 0 Å². The van der Waals surface area contributed by atoms with Gasteiger partial charge in [0.1, 0.15) is 11.3 Å². The van der Waals surface area contributed by atoms with Gasteiger partial charge in [0.2, 0.25) is 5.56 Å². The molecule has 3 heterocycles. The van der Waals surface area contributed by atoms with Gasteiger partial charge in [0.05, 0.1) is 17.1 Å².